The van der Waals surface area contributed by atoms with Crippen LogP contribution in [0.25, 0.3) is 0 Å². The highest BCUT2D eigenvalue weighted by Gasteiger charge is 2.48. The van der Waals surface area contributed by atoms with Crippen molar-refractivity contribution in [3.63, 3.8) is 0 Å². The van der Waals surface area contributed by atoms with Crippen LogP contribution in [-0.4, -0.2) is 43.2 Å². The highest BCUT2D eigenvalue weighted by atomic mass is 16.5. The highest BCUT2D eigenvalue weighted by Crippen LogP contribution is 2.24. The van der Waals surface area contributed by atoms with E-state index in [2.05, 4.69) is 19.2 Å². The van der Waals surface area contributed by atoms with E-state index in [1.54, 1.807) is 7.11 Å². The lowest BCUT2D eigenvalue weighted by Gasteiger charge is -2.23. The Labute approximate surface area is 150 Å². The summed E-state index contributed by atoms with van der Waals surface area (Å²) in [7, 11) is 3.62. The first-order chi connectivity index (χ1) is 11.7. The van der Waals surface area contributed by atoms with Gasteiger partial charge in [-0.3, -0.25) is 4.79 Å². The van der Waals surface area contributed by atoms with Crippen LogP contribution in [0.5, 0.6) is 5.75 Å². The number of rotatable bonds is 8. The Morgan fingerprint density at radius 1 is 1.24 bits per heavy atom. The van der Waals surface area contributed by atoms with Crippen molar-refractivity contribution in [3.05, 3.63) is 29.8 Å². The first-order valence-corrected chi connectivity index (χ1v) is 8.83. The van der Waals surface area contributed by atoms with E-state index in [1.807, 2.05) is 38.2 Å². The summed E-state index contributed by atoms with van der Waals surface area (Å²) >= 11 is 0. The van der Waals surface area contributed by atoms with E-state index in [0.717, 1.165) is 29.2 Å². The molecule has 0 saturated carbocycles. The van der Waals surface area contributed by atoms with Gasteiger partial charge in [-0.1, -0.05) is 13.8 Å². The van der Waals surface area contributed by atoms with E-state index in [0.29, 0.717) is 19.0 Å². The number of imide groups is 1. The lowest BCUT2D eigenvalue weighted by Crippen LogP contribution is -3.09. The summed E-state index contributed by atoms with van der Waals surface area (Å²) in [6.07, 6.45) is 1.58. The molecular formula is C19H30N3O3+. The second-order valence-corrected chi connectivity index (χ2v) is 7.57. The van der Waals surface area contributed by atoms with Crippen molar-refractivity contribution < 1.29 is 19.2 Å². The van der Waals surface area contributed by atoms with Gasteiger partial charge in [0.1, 0.15) is 17.8 Å². The average molecular weight is 348 g/mol. The van der Waals surface area contributed by atoms with E-state index >= 15 is 0 Å². The van der Waals surface area contributed by atoms with Gasteiger partial charge in [-0.05, 0) is 49.9 Å². The van der Waals surface area contributed by atoms with E-state index in [1.165, 1.54) is 4.90 Å². The predicted molar refractivity (Wildman–Crippen MR) is 96.3 cm³/mol. The minimum Gasteiger partial charge on any atom is -0.497 e. The second-order valence-electron chi connectivity index (χ2n) is 7.57. The molecule has 1 heterocycles. The van der Waals surface area contributed by atoms with Crippen molar-refractivity contribution in [1.29, 1.82) is 0 Å². The maximum atomic E-state index is 12.7. The number of carbonyl (C=O) groups is 2. The SMILES string of the molecule is COc1ccc(C[NH+](C)CN2C(=O)N[C@](C)(CCC(C)C)C2=O)cc1. The zero-order valence-corrected chi connectivity index (χ0v) is 15.9. The standard InChI is InChI=1S/C19H29N3O3/c1-14(2)10-11-19(3)17(23)22(18(24)20-19)13-21(4)12-15-6-8-16(25-5)9-7-15/h6-9,14H,10-13H2,1-5H3,(H,20,24)/p+1/t19-/m1/s1. The van der Waals surface area contributed by atoms with Gasteiger partial charge in [0.15, 0.2) is 6.67 Å². The molecule has 3 amide bonds. The summed E-state index contributed by atoms with van der Waals surface area (Å²) in [5.41, 5.74) is 0.356. The van der Waals surface area contributed by atoms with Gasteiger partial charge in [0, 0.05) is 5.56 Å². The summed E-state index contributed by atoms with van der Waals surface area (Å²) in [4.78, 5) is 27.4. The molecule has 0 radical (unpaired) electrons. The molecular weight excluding hydrogens is 318 g/mol. The number of nitrogens with one attached hydrogen (secondary N) is 2. The molecule has 1 unspecified atom stereocenters. The van der Waals surface area contributed by atoms with E-state index in [4.69, 9.17) is 4.74 Å². The third-order valence-corrected chi connectivity index (χ3v) is 4.66. The van der Waals surface area contributed by atoms with Gasteiger partial charge in [-0.2, -0.15) is 0 Å². The van der Waals surface area contributed by atoms with E-state index < -0.39 is 5.54 Å². The highest BCUT2D eigenvalue weighted by molar-refractivity contribution is 6.06. The van der Waals surface area contributed by atoms with Gasteiger partial charge in [-0.15, -0.1) is 0 Å². The molecule has 0 aliphatic carbocycles. The fraction of sp³-hybridized carbons (Fsp3) is 0.579. The number of nitrogens with zero attached hydrogens (tertiary/aromatic N) is 1. The zero-order valence-electron chi connectivity index (χ0n) is 15.9. The average Bonchev–Trinajstić information content (AvgIpc) is 2.77. The van der Waals surface area contributed by atoms with Crippen LogP contribution in [-0.2, 0) is 11.3 Å². The Bertz CT molecular complexity index is 615. The van der Waals surface area contributed by atoms with Crippen LogP contribution in [0.2, 0.25) is 0 Å². The summed E-state index contributed by atoms with van der Waals surface area (Å²) in [5, 5.41) is 2.88. The third-order valence-electron chi connectivity index (χ3n) is 4.66. The zero-order chi connectivity index (χ0) is 18.6. The van der Waals surface area contributed by atoms with Crippen LogP contribution < -0.4 is 15.0 Å². The fourth-order valence-corrected chi connectivity index (χ4v) is 3.06. The summed E-state index contributed by atoms with van der Waals surface area (Å²) in [6, 6.07) is 7.55. The van der Waals surface area contributed by atoms with Gasteiger partial charge in [0.25, 0.3) is 5.91 Å². The molecule has 1 aliphatic heterocycles. The predicted octanol–water partition coefficient (Wildman–Crippen LogP) is 1.41. The number of urea groups is 1. The number of benzene rings is 1. The molecule has 6 nitrogen and oxygen atoms in total. The van der Waals surface area contributed by atoms with Crippen LogP contribution in [0, 0.1) is 5.92 Å². The van der Waals surface area contributed by atoms with Crippen molar-refractivity contribution in [3.8, 4) is 5.75 Å². The molecule has 1 aliphatic rings. The van der Waals surface area contributed by atoms with E-state index in [9.17, 15) is 9.59 Å². The first-order valence-electron chi connectivity index (χ1n) is 8.83. The van der Waals surface area contributed by atoms with Gasteiger partial charge < -0.3 is 15.0 Å². The molecule has 6 heteroatoms. The number of carbonyl (C=O) groups excluding carboxylic acids is 2. The van der Waals surface area contributed by atoms with Gasteiger partial charge in [-0.25, -0.2) is 9.69 Å². The molecule has 25 heavy (non-hydrogen) atoms. The molecule has 0 spiro atoms. The van der Waals surface area contributed by atoms with Crippen molar-refractivity contribution in [1.82, 2.24) is 10.2 Å². The number of methoxy groups -OCH3 is 1. The fourth-order valence-electron chi connectivity index (χ4n) is 3.06. The first kappa shape index (κ1) is 19.2. The molecule has 2 rings (SSSR count). The topological polar surface area (TPSA) is 63.1 Å². The van der Waals surface area contributed by atoms with Crippen molar-refractivity contribution >= 4 is 11.9 Å². The summed E-state index contributed by atoms with van der Waals surface area (Å²) in [6.45, 7) is 7.15. The number of hydrogen-bond acceptors (Lipinski definition) is 3. The minimum absolute atomic E-state index is 0.118. The molecule has 1 aromatic rings. The third kappa shape index (κ3) is 4.72. The van der Waals surface area contributed by atoms with Gasteiger partial charge in [0.2, 0.25) is 0 Å². The number of quaternary nitrogens is 1. The van der Waals surface area contributed by atoms with Crippen LogP contribution in [0.4, 0.5) is 4.79 Å². The molecule has 2 atom stereocenters. The maximum Gasteiger partial charge on any atom is 0.329 e. The van der Waals surface area contributed by atoms with Gasteiger partial charge in [0.05, 0.1) is 14.2 Å². The lowest BCUT2D eigenvalue weighted by molar-refractivity contribution is -0.901. The Morgan fingerprint density at radius 2 is 1.88 bits per heavy atom. The monoisotopic (exact) mass is 348 g/mol. The summed E-state index contributed by atoms with van der Waals surface area (Å²) < 4.78 is 5.16. The molecule has 2 N–H and O–H groups in total. The number of amides is 3. The van der Waals surface area contributed by atoms with Crippen LogP contribution in [0.3, 0.4) is 0 Å². The molecule has 0 aromatic heterocycles. The number of ether oxygens (including phenoxy) is 1. The maximum absolute atomic E-state index is 12.7. The molecule has 1 aromatic carbocycles. The Morgan fingerprint density at radius 3 is 2.44 bits per heavy atom. The van der Waals surface area contributed by atoms with Crippen molar-refractivity contribution in [2.75, 3.05) is 20.8 Å². The Balaban J connectivity index is 1.96. The smallest absolute Gasteiger partial charge is 0.329 e. The van der Waals surface area contributed by atoms with Crippen LogP contribution >= 0.6 is 0 Å². The molecule has 1 fully saturated rings. The lowest BCUT2D eigenvalue weighted by atomic mass is 9.92. The quantitative estimate of drug-likeness (QED) is 0.699. The molecule has 138 valence electrons. The summed E-state index contributed by atoms with van der Waals surface area (Å²) in [5.74, 6) is 1.20. The van der Waals surface area contributed by atoms with Crippen molar-refractivity contribution in [2.45, 2.75) is 45.7 Å². The van der Waals surface area contributed by atoms with Gasteiger partial charge >= 0.3 is 6.03 Å². The molecule has 0 bridgehead atoms. The largest absolute Gasteiger partial charge is 0.497 e. The Hall–Kier alpha value is -2.08. The van der Waals surface area contributed by atoms with E-state index in [-0.39, 0.29) is 11.9 Å². The normalized spacial score (nSPS) is 21.6. The van der Waals surface area contributed by atoms with Crippen LogP contribution in [0.1, 0.15) is 39.2 Å². The molecule has 1 saturated heterocycles. The van der Waals surface area contributed by atoms with Crippen LogP contribution in [0.15, 0.2) is 24.3 Å². The minimum atomic E-state index is -0.776. The number of hydrogen-bond donors (Lipinski definition) is 2. The second kappa shape index (κ2) is 7.87. The van der Waals surface area contributed by atoms with Crippen molar-refractivity contribution in [2.24, 2.45) is 5.92 Å². The Kier molecular flexibility index (Phi) is 6.06.